The van der Waals surface area contributed by atoms with Crippen LogP contribution in [0.5, 0.6) is 5.75 Å². The van der Waals surface area contributed by atoms with Gasteiger partial charge in [-0.25, -0.2) is 8.42 Å². The first-order valence-electron chi connectivity index (χ1n) is 10.2. The molecule has 10 heteroatoms. The third kappa shape index (κ3) is 5.59. The predicted octanol–water partition coefficient (Wildman–Crippen LogP) is 2.81. The number of nitrogens with zero attached hydrogens (tertiary/aromatic N) is 1. The minimum Gasteiger partial charge on any atom is -0.497 e. The number of nitrogens with one attached hydrogen (secondary N) is 2. The van der Waals surface area contributed by atoms with Gasteiger partial charge >= 0.3 is 0 Å². The lowest BCUT2D eigenvalue weighted by Crippen LogP contribution is -2.44. The number of amides is 2. The zero-order valence-corrected chi connectivity index (χ0v) is 19.5. The van der Waals surface area contributed by atoms with E-state index in [-0.39, 0.29) is 42.3 Å². The van der Waals surface area contributed by atoms with Gasteiger partial charge in [0.1, 0.15) is 5.75 Å². The van der Waals surface area contributed by atoms with Crippen molar-refractivity contribution in [3.63, 3.8) is 0 Å². The van der Waals surface area contributed by atoms with Crippen molar-refractivity contribution in [1.82, 2.24) is 9.62 Å². The van der Waals surface area contributed by atoms with Gasteiger partial charge < -0.3 is 15.4 Å². The summed E-state index contributed by atoms with van der Waals surface area (Å²) in [6, 6.07) is 11.4. The molecule has 2 aromatic carbocycles. The van der Waals surface area contributed by atoms with E-state index in [9.17, 15) is 18.0 Å². The first kappa shape index (κ1) is 24.0. The van der Waals surface area contributed by atoms with Gasteiger partial charge in [-0.1, -0.05) is 17.7 Å². The van der Waals surface area contributed by atoms with Crippen molar-refractivity contribution in [2.45, 2.75) is 24.7 Å². The van der Waals surface area contributed by atoms with E-state index in [2.05, 4.69) is 10.6 Å². The van der Waals surface area contributed by atoms with E-state index in [4.69, 9.17) is 16.3 Å². The van der Waals surface area contributed by atoms with Crippen LogP contribution in [0.15, 0.2) is 47.4 Å². The number of hydrogen-bond donors (Lipinski definition) is 2. The lowest BCUT2D eigenvalue weighted by Gasteiger charge is -2.30. The molecular formula is C22H26ClN3O5S. The number of sulfonamides is 1. The molecule has 32 heavy (non-hydrogen) atoms. The minimum atomic E-state index is -3.63. The van der Waals surface area contributed by atoms with Gasteiger partial charge in [0, 0.05) is 29.7 Å². The van der Waals surface area contributed by atoms with Crippen LogP contribution in [0, 0.1) is 12.8 Å². The molecule has 0 atom stereocenters. The molecular weight excluding hydrogens is 454 g/mol. The van der Waals surface area contributed by atoms with Gasteiger partial charge in [-0.3, -0.25) is 9.59 Å². The number of halogens is 1. The van der Waals surface area contributed by atoms with Crippen LogP contribution in [0.1, 0.15) is 18.4 Å². The monoisotopic (exact) mass is 479 g/mol. The molecule has 0 spiro atoms. The Kier molecular flexibility index (Phi) is 7.76. The normalized spacial score (nSPS) is 15.2. The zero-order chi connectivity index (χ0) is 23.3. The van der Waals surface area contributed by atoms with E-state index in [1.165, 1.54) is 23.5 Å². The van der Waals surface area contributed by atoms with Gasteiger partial charge in [0.25, 0.3) is 0 Å². The first-order chi connectivity index (χ1) is 15.2. The highest BCUT2D eigenvalue weighted by Gasteiger charge is 2.32. The quantitative estimate of drug-likeness (QED) is 0.635. The molecule has 3 rings (SSSR count). The van der Waals surface area contributed by atoms with E-state index in [0.717, 1.165) is 5.56 Å². The molecule has 2 amide bonds. The highest BCUT2D eigenvalue weighted by atomic mass is 35.5. The van der Waals surface area contributed by atoms with Crippen molar-refractivity contribution < 1.29 is 22.7 Å². The lowest BCUT2D eigenvalue weighted by molar-refractivity contribution is -0.128. The predicted molar refractivity (Wildman–Crippen MR) is 122 cm³/mol. The van der Waals surface area contributed by atoms with Crippen LogP contribution in [-0.4, -0.2) is 51.3 Å². The second-order valence-corrected chi connectivity index (χ2v) is 9.88. The van der Waals surface area contributed by atoms with Crippen LogP contribution >= 0.6 is 11.6 Å². The Balaban J connectivity index is 1.49. The molecule has 0 saturated carbocycles. The summed E-state index contributed by atoms with van der Waals surface area (Å²) in [4.78, 5) is 24.9. The average molecular weight is 480 g/mol. The van der Waals surface area contributed by atoms with Crippen molar-refractivity contribution in [2.75, 3.05) is 32.1 Å². The Morgan fingerprint density at radius 1 is 1.12 bits per heavy atom. The Hall–Kier alpha value is -2.62. The summed E-state index contributed by atoms with van der Waals surface area (Å²) in [5, 5.41) is 5.91. The third-order valence-corrected chi connectivity index (χ3v) is 7.81. The number of rotatable bonds is 7. The fourth-order valence-corrected chi connectivity index (χ4v) is 5.15. The van der Waals surface area contributed by atoms with Gasteiger partial charge in [-0.15, -0.1) is 0 Å². The van der Waals surface area contributed by atoms with Crippen LogP contribution in [0.3, 0.4) is 0 Å². The van der Waals surface area contributed by atoms with Gasteiger partial charge in [0.2, 0.25) is 21.8 Å². The number of piperidine rings is 1. The highest BCUT2D eigenvalue weighted by Crippen LogP contribution is 2.25. The van der Waals surface area contributed by atoms with E-state index in [1.807, 2.05) is 0 Å². The smallest absolute Gasteiger partial charge is 0.243 e. The summed E-state index contributed by atoms with van der Waals surface area (Å²) < 4.78 is 32.1. The van der Waals surface area contributed by atoms with Gasteiger partial charge in [-0.05, 0) is 61.7 Å². The highest BCUT2D eigenvalue weighted by molar-refractivity contribution is 7.89. The number of ether oxygens (including phenoxy) is 1. The molecule has 1 saturated heterocycles. The number of anilines is 1. The minimum absolute atomic E-state index is 0.171. The van der Waals surface area contributed by atoms with Crippen molar-refractivity contribution in [2.24, 2.45) is 5.92 Å². The summed E-state index contributed by atoms with van der Waals surface area (Å²) in [7, 11) is -2.12. The van der Waals surface area contributed by atoms with Crippen molar-refractivity contribution in [1.29, 1.82) is 0 Å². The molecule has 2 aromatic rings. The summed E-state index contributed by atoms with van der Waals surface area (Å²) in [5.41, 5.74) is 1.34. The molecule has 0 aliphatic carbocycles. The number of hydrogen-bond acceptors (Lipinski definition) is 5. The maximum Gasteiger partial charge on any atom is 0.243 e. The van der Waals surface area contributed by atoms with E-state index in [1.54, 1.807) is 37.3 Å². The maximum atomic E-state index is 12.8. The van der Waals surface area contributed by atoms with Crippen LogP contribution in [-0.2, 0) is 19.6 Å². The van der Waals surface area contributed by atoms with Crippen molar-refractivity contribution in [3.8, 4) is 5.75 Å². The number of carbonyl (C=O) groups is 2. The van der Waals surface area contributed by atoms with Crippen LogP contribution < -0.4 is 15.4 Å². The second kappa shape index (κ2) is 10.3. The standard InChI is InChI=1S/C22H26ClN3O5S/c1-15-19(23)4-3-5-20(15)25-21(27)14-24-22(28)16-10-12-26(13-11-16)32(29,30)18-8-6-17(31-2)7-9-18/h3-9,16H,10-14H2,1-2H3,(H,24,28)(H,25,27). The molecule has 1 heterocycles. The lowest BCUT2D eigenvalue weighted by atomic mass is 9.97. The summed E-state index contributed by atoms with van der Waals surface area (Å²) >= 11 is 6.05. The number of benzene rings is 2. The zero-order valence-electron chi connectivity index (χ0n) is 17.9. The second-order valence-electron chi connectivity index (χ2n) is 7.53. The van der Waals surface area contributed by atoms with Crippen LogP contribution in [0.4, 0.5) is 5.69 Å². The van der Waals surface area contributed by atoms with E-state index < -0.39 is 10.0 Å². The maximum absolute atomic E-state index is 12.8. The van der Waals surface area contributed by atoms with E-state index in [0.29, 0.717) is 29.3 Å². The summed E-state index contributed by atoms with van der Waals surface area (Å²) in [5.74, 6) is -0.389. The molecule has 0 unspecified atom stereocenters. The fourth-order valence-electron chi connectivity index (χ4n) is 3.50. The number of carbonyl (C=O) groups excluding carboxylic acids is 2. The van der Waals surface area contributed by atoms with Crippen molar-refractivity contribution in [3.05, 3.63) is 53.1 Å². The van der Waals surface area contributed by atoms with Gasteiger partial charge in [0.05, 0.1) is 18.6 Å². The Morgan fingerprint density at radius 3 is 2.41 bits per heavy atom. The van der Waals surface area contributed by atoms with Gasteiger partial charge in [-0.2, -0.15) is 4.31 Å². The molecule has 1 aliphatic heterocycles. The van der Waals surface area contributed by atoms with Crippen LogP contribution in [0.2, 0.25) is 5.02 Å². The molecule has 172 valence electrons. The molecule has 0 bridgehead atoms. The largest absolute Gasteiger partial charge is 0.497 e. The molecule has 1 aliphatic rings. The molecule has 2 N–H and O–H groups in total. The van der Waals surface area contributed by atoms with Crippen LogP contribution in [0.25, 0.3) is 0 Å². The number of methoxy groups -OCH3 is 1. The Morgan fingerprint density at radius 2 is 1.78 bits per heavy atom. The van der Waals surface area contributed by atoms with Gasteiger partial charge in [0.15, 0.2) is 0 Å². The molecule has 0 radical (unpaired) electrons. The van der Waals surface area contributed by atoms with Crippen molar-refractivity contribution >= 4 is 39.1 Å². The topological polar surface area (TPSA) is 105 Å². The summed E-state index contributed by atoms with van der Waals surface area (Å²) in [6.07, 6.45) is 0.770. The molecule has 1 fully saturated rings. The molecule has 8 nitrogen and oxygen atoms in total. The Bertz CT molecular complexity index is 1080. The average Bonchev–Trinajstić information content (AvgIpc) is 2.80. The Labute approximate surface area is 192 Å². The summed E-state index contributed by atoms with van der Waals surface area (Å²) in [6.45, 7) is 2.10. The first-order valence-corrected chi connectivity index (χ1v) is 12.0. The SMILES string of the molecule is COc1ccc(S(=O)(=O)N2CCC(C(=O)NCC(=O)Nc3cccc(Cl)c3C)CC2)cc1. The fraction of sp³-hybridized carbons (Fsp3) is 0.364. The molecule has 0 aromatic heterocycles. The van der Waals surface area contributed by atoms with E-state index >= 15 is 0 Å². The third-order valence-electron chi connectivity index (χ3n) is 5.49.